The summed E-state index contributed by atoms with van der Waals surface area (Å²) in [6, 6.07) is 0.0507. The molecule has 0 radical (unpaired) electrons. The van der Waals surface area contributed by atoms with Crippen LogP contribution in [0.1, 0.15) is 56.3 Å². The lowest BCUT2D eigenvalue weighted by molar-refractivity contribution is 0.0948. The molecule has 126 valence electrons. The fourth-order valence-corrected chi connectivity index (χ4v) is 4.09. The number of hydrogen-bond acceptors (Lipinski definition) is 2. The third-order valence-electron chi connectivity index (χ3n) is 5.37. The van der Waals surface area contributed by atoms with E-state index in [0.717, 1.165) is 43.6 Å². The molecule has 5 nitrogen and oxygen atoms in total. The first-order chi connectivity index (χ1) is 11.0. The highest BCUT2D eigenvalue weighted by Gasteiger charge is 2.37. The topological polar surface area (TPSA) is 50.2 Å². The Labute approximate surface area is 138 Å². The monoisotopic (exact) mass is 316 g/mol. The van der Waals surface area contributed by atoms with Gasteiger partial charge in [0.1, 0.15) is 0 Å². The highest BCUT2D eigenvalue weighted by Crippen LogP contribution is 2.40. The summed E-state index contributed by atoms with van der Waals surface area (Å²) < 4.78 is 1.80. The van der Waals surface area contributed by atoms with Gasteiger partial charge in [0.25, 0.3) is 0 Å². The van der Waals surface area contributed by atoms with Gasteiger partial charge in [-0.15, -0.1) is 0 Å². The van der Waals surface area contributed by atoms with Crippen LogP contribution in [-0.4, -0.2) is 33.8 Å². The van der Waals surface area contributed by atoms with Crippen molar-refractivity contribution >= 4 is 6.03 Å². The minimum Gasteiger partial charge on any atom is -0.331 e. The van der Waals surface area contributed by atoms with Crippen molar-refractivity contribution in [3.8, 4) is 0 Å². The molecule has 0 aromatic carbocycles. The number of aryl methyl sites for hydroxylation is 2. The van der Waals surface area contributed by atoms with Crippen LogP contribution in [0.3, 0.4) is 0 Å². The van der Waals surface area contributed by atoms with Crippen LogP contribution in [0, 0.1) is 12.3 Å². The van der Waals surface area contributed by atoms with Crippen molar-refractivity contribution in [2.24, 2.45) is 12.5 Å². The van der Waals surface area contributed by atoms with Gasteiger partial charge in [0.2, 0.25) is 0 Å². The number of allylic oxidation sites excluding steroid dienone is 2. The molecule has 1 aromatic heterocycles. The second-order valence-corrected chi connectivity index (χ2v) is 7.25. The number of piperidine rings is 1. The molecule has 2 amide bonds. The molecule has 2 aliphatic rings. The van der Waals surface area contributed by atoms with Gasteiger partial charge in [0.05, 0.1) is 11.7 Å². The van der Waals surface area contributed by atoms with Crippen molar-refractivity contribution in [3.63, 3.8) is 0 Å². The zero-order chi connectivity index (χ0) is 16.4. The van der Waals surface area contributed by atoms with E-state index in [1.807, 2.05) is 32.0 Å². The smallest absolute Gasteiger partial charge is 0.317 e. The van der Waals surface area contributed by atoms with Crippen LogP contribution in [0.5, 0.6) is 0 Å². The number of hydrogen-bond donors (Lipinski definition) is 1. The Balaban J connectivity index is 1.63. The molecule has 1 aromatic rings. The lowest BCUT2D eigenvalue weighted by atomic mass is 9.71. The van der Waals surface area contributed by atoms with Crippen LogP contribution in [-0.2, 0) is 7.05 Å². The average molecular weight is 316 g/mol. The minimum absolute atomic E-state index is 0.0136. The Morgan fingerprint density at radius 1 is 1.39 bits per heavy atom. The van der Waals surface area contributed by atoms with Crippen molar-refractivity contribution in [2.45, 2.75) is 52.0 Å². The first kappa shape index (κ1) is 16.1. The summed E-state index contributed by atoms with van der Waals surface area (Å²) in [5.41, 5.74) is 2.39. The van der Waals surface area contributed by atoms with Crippen LogP contribution >= 0.6 is 0 Å². The Morgan fingerprint density at radius 3 is 2.87 bits per heavy atom. The zero-order valence-corrected chi connectivity index (χ0v) is 14.5. The third kappa shape index (κ3) is 3.43. The lowest BCUT2D eigenvalue weighted by Gasteiger charge is -2.44. The molecule has 3 rings (SSSR count). The number of urea groups is 1. The molecular formula is C18H28N4O. The van der Waals surface area contributed by atoms with E-state index >= 15 is 0 Å². The SMILES string of the molecule is Cc1nn(C)cc1[C@@H](C)NC(=O)N1CCC[C@@]2(CC=CCC2)C1. The normalized spacial score (nSPS) is 25.6. The number of rotatable bonds is 2. The Hall–Kier alpha value is -1.78. The van der Waals surface area contributed by atoms with Crippen LogP contribution in [0.25, 0.3) is 0 Å². The number of likely N-dealkylation sites (tertiary alicyclic amines) is 1. The fraction of sp³-hybridized carbons (Fsp3) is 0.667. The quantitative estimate of drug-likeness (QED) is 0.851. The molecule has 1 aliphatic heterocycles. The summed E-state index contributed by atoms with van der Waals surface area (Å²) in [4.78, 5) is 14.7. The largest absolute Gasteiger partial charge is 0.331 e. The zero-order valence-electron chi connectivity index (χ0n) is 14.5. The Kier molecular flexibility index (Phi) is 4.46. The van der Waals surface area contributed by atoms with Gasteiger partial charge in [-0.1, -0.05) is 12.2 Å². The van der Waals surface area contributed by atoms with E-state index in [0.29, 0.717) is 5.41 Å². The minimum atomic E-state index is -0.0136. The van der Waals surface area contributed by atoms with Crippen molar-refractivity contribution in [1.29, 1.82) is 0 Å². The highest BCUT2D eigenvalue weighted by atomic mass is 16.2. The summed E-state index contributed by atoms with van der Waals surface area (Å²) in [5.74, 6) is 0. The van der Waals surface area contributed by atoms with Gasteiger partial charge in [-0.2, -0.15) is 5.10 Å². The molecule has 0 unspecified atom stereocenters. The van der Waals surface area contributed by atoms with Gasteiger partial charge in [-0.05, 0) is 51.4 Å². The number of nitrogens with one attached hydrogen (secondary N) is 1. The van der Waals surface area contributed by atoms with Crippen LogP contribution < -0.4 is 5.32 Å². The maximum Gasteiger partial charge on any atom is 0.317 e. The maximum atomic E-state index is 12.7. The van der Waals surface area contributed by atoms with E-state index in [9.17, 15) is 4.79 Å². The number of amides is 2. The Morgan fingerprint density at radius 2 is 2.22 bits per heavy atom. The van der Waals surface area contributed by atoms with Gasteiger partial charge >= 0.3 is 6.03 Å². The first-order valence-electron chi connectivity index (χ1n) is 8.70. The van der Waals surface area contributed by atoms with Crippen molar-refractivity contribution < 1.29 is 4.79 Å². The van der Waals surface area contributed by atoms with E-state index < -0.39 is 0 Å². The van der Waals surface area contributed by atoms with Crippen LogP contribution in [0.15, 0.2) is 18.3 Å². The fourth-order valence-electron chi connectivity index (χ4n) is 4.09. The van der Waals surface area contributed by atoms with Gasteiger partial charge in [-0.25, -0.2) is 4.79 Å². The molecule has 2 heterocycles. The molecule has 5 heteroatoms. The number of carbonyl (C=O) groups excluding carboxylic acids is 1. The lowest BCUT2D eigenvalue weighted by Crippen LogP contribution is -2.50. The molecule has 0 saturated carbocycles. The van der Waals surface area contributed by atoms with Gasteiger partial charge in [0.15, 0.2) is 0 Å². The predicted molar refractivity (Wildman–Crippen MR) is 91.1 cm³/mol. The maximum absolute atomic E-state index is 12.7. The summed E-state index contributed by atoms with van der Waals surface area (Å²) in [6.45, 7) is 5.78. The summed E-state index contributed by atoms with van der Waals surface area (Å²) in [5, 5.41) is 7.52. The van der Waals surface area contributed by atoms with E-state index in [-0.39, 0.29) is 12.1 Å². The van der Waals surface area contributed by atoms with Gasteiger partial charge in [-0.3, -0.25) is 4.68 Å². The van der Waals surface area contributed by atoms with Gasteiger partial charge < -0.3 is 10.2 Å². The van der Waals surface area contributed by atoms with E-state index in [4.69, 9.17) is 0 Å². The molecule has 1 N–H and O–H groups in total. The molecule has 1 saturated heterocycles. The highest BCUT2D eigenvalue weighted by molar-refractivity contribution is 5.75. The second-order valence-electron chi connectivity index (χ2n) is 7.25. The molecule has 0 bridgehead atoms. The third-order valence-corrected chi connectivity index (χ3v) is 5.37. The number of nitrogens with zero attached hydrogens (tertiary/aromatic N) is 3. The van der Waals surface area contributed by atoms with E-state index in [1.54, 1.807) is 4.68 Å². The van der Waals surface area contributed by atoms with E-state index in [2.05, 4.69) is 22.6 Å². The van der Waals surface area contributed by atoms with E-state index in [1.165, 1.54) is 12.8 Å². The summed E-state index contributed by atoms with van der Waals surface area (Å²) in [6.07, 6.45) is 12.4. The Bertz CT molecular complexity index is 606. The molecule has 1 aliphatic carbocycles. The first-order valence-corrected chi connectivity index (χ1v) is 8.70. The van der Waals surface area contributed by atoms with Crippen LogP contribution in [0.2, 0.25) is 0 Å². The average Bonchev–Trinajstić information content (AvgIpc) is 2.87. The number of carbonyl (C=O) groups is 1. The van der Waals surface area contributed by atoms with Crippen molar-refractivity contribution in [1.82, 2.24) is 20.0 Å². The molecule has 2 atom stereocenters. The summed E-state index contributed by atoms with van der Waals surface area (Å²) in [7, 11) is 1.91. The van der Waals surface area contributed by atoms with Gasteiger partial charge in [0, 0.05) is 31.9 Å². The number of aromatic nitrogens is 2. The van der Waals surface area contributed by atoms with Crippen LogP contribution in [0.4, 0.5) is 4.79 Å². The summed E-state index contributed by atoms with van der Waals surface area (Å²) >= 11 is 0. The van der Waals surface area contributed by atoms with Crippen molar-refractivity contribution in [2.75, 3.05) is 13.1 Å². The molecule has 23 heavy (non-hydrogen) atoms. The standard InChI is InChI=1S/C18H28N4O/c1-14(16-12-21(3)20-15(16)2)19-17(23)22-11-7-10-18(13-22)8-5-4-6-9-18/h4-5,12,14H,6-11,13H2,1-3H3,(H,19,23)/t14-,18+/m1/s1. The second kappa shape index (κ2) is 6.38. The molecule has 1 fully saturated rings. The molecule has 1 spiro atoms. The van der Waals surface area contributed by atoms with Crippen molar-refractivity contribution in [3.05, 3.63) is 29.6 Å². The predicted octanol–water partition coefficient (Wildman–Crippen LogP) is 3.32. The molecular weight excluding hydrogens is 288 g/mol.